The molecule has 3 rings (SSSR count). The van der Waals surface area contributed by atoms with Gasteiger partial charge in [-0.25, -0.2) is 0 Å². The Hall–Kier alpha value is -1.06. The fourth-order valence-corrected chi connectivity index (χ4v) is 4.08. The lowest BCUT2D eigenvalue weighted by Gasteiger charge is -2.36. The summed E-state index contributed by atoms with van der Waals surface area (Å²) in [5.74, 6) is 0.844. The van der Waals surface area contributed by atoms with Gasteiger partial charge in [0.2, 0.25) is 0 Å². The van der Waals surface area contributed by atoms with Gasteiger partial charge in [0, 0.05) is 12.1 Å². The molecule has 3 unspecified atom stereocenters. The maximum absolute atomic E-state index is 10.8. The van der Waals surface area contributed by atoms with Crippen LogP contribution in [0.2, 0.25) is 0 Å². The minimum atomic E-state index is -0.373. The Bertz CT molecular complexity index is 488. The zero-order valence-corrected chi connectivity index (χ0v) is 13.2. The predicted molar refractivity (Wildman–Crippen MR) is 84.7 cm³/mol. The molecule has 0 amide bonds. The lowest BCUT2D eigenvalue weighted by molar-refractivity contribution is 0.0338. The summed E-state index contributed by atoms with van der Waals surface area (Å²) in [4.78, 5) is 2.59. The van der Waals surface area contributed by atoms with Gasteiger partial charge in [0.25, 0.3) is 0 Å². The first-order valence-electron chi connectivity index (χ1n) is 8.35. The lowest BCUT2D eigenvalue weighted by atomic mass is 10.0. The molecule has 21 heavy (non-hydrogen) atoms. The van der Waals surface area contributed by atoms with E-state index < -0.39 is 0 Å². The molecule has 1 aliphatic carbocycles. The molecule has 1 heterocycles. The maximum atomic E-state index is 10.8. The summed E-state index contributed by atoms with van der Waals surface area (Å²) in [5.41, 5.74) is 2.35. The van der Waals surface area contributed by atoms with Crippen molar-refractivity contribution < 1.29 is 9.84 Å². The Morgan fingerprint density at radius 3 is 2.90 bits per heavy atom. The highest BCUT2D eigenvalue weighted by molar-refractivity contribution is 5.42. The monoisotopic (exact) mass is 289 g/mol. The highest BCUT2D eigenvalue weighted by Crippen LogP contribution is 2.38. The summed E-state index contributed by atoms with van der Waals surface area (Å²) in [6.45, 7) is 3.41. The minimum Gasteiger partial charge on any atom is -0.497 e. The van der Waals surface area contributed by atoms with Crippen molar-refractivity contribution in [3.05, 3.63) is 29.3 Å². The fraction of sp³-hybridized carbons (Fsp3) is 0.667. The van der Waals surface area contributed by atoms with Crippen LogP contribution in [0, 0.1) is 0 Å². The molecular formula is C18H27NO2. The van der Waals surface area contributed by atoms with Crippen molar-refractivity contribution in [1.82, 2.24) is 4.90 Å². The van der Waals surface area contributed by atoms with Crippen molar-refractivity contribution in [2.45, 2.75) is 63.6 Å². The molecule has 1 saturated heterocycles. The molecule has 1 fully saturated rings. The third-order valence-electron chi connectivity index (χ3n) is 5.29. The summed E-state index contributed by atoms with van der Waals surface area (Å²) in [6, 6.07) is 7.02. The van der Waals surface area contributed by atoms with Gasteiger partial charge in [-0.15, -0.1) is 0 Å². The number of methoxy groups -OCH3 is 1. The summed E-state index contributed by atoms with van der Waals surface area (Å²) in [5, 5.41) is 10.8. The molecule has 1 aromatic rings. The van der Waals surface area contributed by atoms with E-state index in [1.165, 1.54) is 37.7 Å². The number of fused-ring (bicyclic) bond motifs is 1. The molecule has 1 aliphatic heterocycles. The largest absolute Gasteiger partial charge is 0.497 e. The van der Waals surface area contributed by atoms with Crippen LogP contribution in [0.4, 0.5) is 0 Å². The number of benzene rings is 1. The first kappa shape index (κ1) is 14.9. The molecule has 0 radical (unpaired) electrons. The van der Waals surface area contributed by atoms with E-state index in [0.29, 0.717) is 6.04 Å². The second kappa shape index (κ2) is 6.37. The van der Waals surface area contributed by atoms with E-state index in [2.05, 4.69) is 17.9 Å². The summed E-state index contributed by atoms with van der Waals surface area (Å²) in [6.07, 6.45) is 6.98. The van der Waals surface area contributed by atoms with Gasteiger partial charge in [0.15, 0.2) is 0 Å². The van der Waals surface area contributed by atoms with Crippen LogP contribution in [0.25, 0.3) is 0 Å². The van der Waals surface area contributed by atoms with E-state index in [1.54, 1.807) is 7.11 Å². The van der Waals surface area contributed by atoms with Gasteiger partial charge >= 0.3 is 0 Å². The molecule has 116 valence electrons. The van der Waals surface area contributed by atoms with Gasteiger partial charge < -0.3 is 9.84 Å². The standard InChI is InChI=1S/C18H27NO2/c1-3-14-7-5-4-6-10-19(14)17-11-13-8-9-15(21-2)12-16(13)18(17)20/h8-9,12,14,17-18,20H,3-7,10-11H2,1-2H3. The molecule has 0 saturated carbocycles. The highest BCUT2D eigenvalue weighted by atomic mass is 16.5. The molecule has 2 aliphatic rings. The smallest absolute Gasteiger partial charge is 0.119 e. The molecule has 0 bridgehead atoms. The number of aliphatic hydroxyl groups excluding tert-OH is 1. The maximum Gasteiger partial charge on any atom is 0.119 e. The summed E-state index contributed by atoms with van der Waals surface area (Å²) < 4.78 is 5.31. The molecule has 3 nitrogen and oxygen atoms in total. The van der Waals surface area contributed by atoms with Crippen LogP contribution < -0.4 is 4.74 Å². The van der Waals surface area contributed by atoms with E-state index in [0.717, 1.165) is 24.3 Å². The van der Waals surface area contributed by atoms with Crippen LogP contribution in [0.1, 0.15) is 56.3 Å². The number of likely N-dealkylation sites (tertiary alicyclic amines) is 1. The number of hydrogen-bond acceptors (Lipinski definition) is 3. The molecule has 1 N–H and O–H groups in total. The molecule has 3 heteroatoms. The zero-order valence-electron chi connectivity index (χ0n) is 13.2. The Labute approximate surface area is 127 Å². The van der Waals surface area contributed by atoms with E-state index >= 15 is 0 Å². The van der Waals surface area contributed by atoms with Gasteiger partial charge in [-0.05, 0) is 55.5 Å². The van der Waals surface area contributed by atoms with Gasteiger partial charge in [0.05, 0.1) is 13.2 Å². The normalized spacial score (nSPS) is 30.0. The van der Waals surface area contributed by atoms with E-state index in [1.807, 2.05) is 12.1 Å². The number of nitrogens with zero attached hydrogens (tertiary/aromatic N) is 1. The Morgan fingerprint density at radius 1 is 1.29 bits per heavy atom. The molecule has 0 spiro atoms. The average molecular weight is 289 g/mol. The Balaban J connectivity index is 1.83. The lowest BCUT2D eigenvalue weighted by Crippen LogP contribution is -2.45. The van der Waals surface area contributed by atoms with Gasteiger partial charge in [-0.2, -0.15) is 0 Å². The quantitative estimate of drug-likeness (QED) is 0.926. The van der Waals surface area contributed by atoms with Gasteiger partial charge in [-0.1, -0.05) is 25.8 Å². The topological polar surface area (TPSA) is 32.7 Å². The third-order valence-corrected chi connectivity index (χ3v) is 5.29. The zero-order chi connectivity index (χ0) is 14.8. The minimum absolute atomic E-state index is 0.246. The first-order chi connectivity index (χ1) is 10.2. The van der Waals surface area contributed by atoms with E-state index in [-0.39, 0.29) is 12.1 Å². The van der Waals surface area contributed by atoms with Crippen LogP contribution >= 0.6 is 0 Å². The second-order valence-corrected chi connectivity index (χ2v) is 6.43. The predicted octanol–water partition coefficient (Wildman–Crippen LogP) is 3.31. The number of ether oxygens (including phenoxy) is 1. The van der Waals surface area contributed by atoms with Crippen LogP contribution in [0.15, 0.2) is 18.2 Å². The van der Waals surface area contributed by atoms with Crippen LogP contribution in [-0.4, -0.2) is 35.7 Å². The van der Waals surface area contributed by atoms with E-state index in [4.69, 9.17) is 4.74 Å². The highest BCUT2D eigenvalue weighted by Gasteiger charge is 2.38. The van der Waals surface area contributed by atoms with Crippen molar-refractivity contribution in [1.29, 1.82) is 0 Å². The third kappa shape index (κ3) is 2.82. The van der Waals surface area contributed by atoms with Crippen LogP contribution in [0.5, 0.6) is 5.75 Å². The summed E-state index contributed by atoms with van der Waals surface area (Å²) >= 11 is 0. The van der Waals surface area contributed by atoms with Crippen molar-refractivity contribution in [2.24, 2.45) is 0 Å². The van der Waals surface area contributed by atoms with Crippen molar-refractivity contribution >= 4 is 0 Å². The number of aliphatic hydroxyl groups is 1. The van der Waals surface area contributed by atoms with Crippen molar-refractivity contribution in [3.8, 4) is 5.75 Å². The van der Waals surface area contributed by atoms with Crippen LogP contribution in [0.3, 0.4) is 0 Å². The molecule has 1 aromatic carbocycles. The van der Waals surface area contributed by atoms with Crippen molar-refractivity contribution in [2.75, 3.05) is 13.7 Å². The Kier molecular flexibility index (Phi) is 4.51. The summed E-state index contributed by atoms with van der Waals surface area (Å²) in [7, 11) is 1.68. The molecule has 3 atom stereocenters. The average Bonchev–Trinajstić information content (AvgIpc) is 2.70. The molecular weight excluding hydrogens is 262 g/mol. The number of rotatable bonds is 3. The van der Waals surface area contributed by atoms with Gasteiger partial charge in [-0.3, -0.25) is 4.90 Å². The SMILES string of the molecule is CCC1CCCCCN1C1Cc2ccc(OC)cc2C1O. The van der Waals surface area contributed by atoms with Crippen LogP contribution in [-0.2, 0) is 6.42 Å². The second-order valence-electron chi connectivity index (χ2n) is 6.43. The Morgan fingerprint density at radius 2 is 2.14 bits per heavy atom. The fourth-order valence-electron chi connectivity index (χ4n) is 4.08. The first-order valence-corrected chi connectivity index (χ1v) is 8.35. The van der Waals surface area contributed by atoms with E-state index in [9.17, 15) is 5.11 Å². The number of hydrogen-bond donors (Lipinski definition) is 1. The molecule has 0 aromatic heterocycles. The van der Waals surface area contributed by atoms with Crippen molar-refractivity contribution in [3.63, 3.8) is 0 Å². The van der Waals surface area contributed by atoms with Gasteiger partial charge in [0.1, 0.15) is 5.75 Å².